The van der Waals surface area contributed by atoms with Crippen molar-refractivity contribution in [1.29, 1.82) is 0 Å². The van der Waals surface area contributed by atoms with Gasteiger partial charge in [-0.25, -0.2) is 18.8 Å². The molecule has 1 saturated heterocycles. The van der Waals surface area contributed by atoms with Crippen molar-refractivity contribution in [1.82, 2.24) is 14.7 Å². The van der Waals surface area contributed by atoms with E-state index in [-0.39, 0.29) is 17.5 Å². The lowest BCUT2D eigenvalue weighted by molar-refractivity contribution is 0.311. The summed E-state index contributed by atoms with van der Waals surface area (Å²) in [5.41, 5.74) is 2.43. The van der Waals surface area contributed by atoms with Crippen LogP contribution in [0, 0.1) is 12.7 Å². The van der Waals surface area contributed by atoms with Gasteiger partial charge in [-0.2, -0.15) is 5.10 Å². The summed E-state index contributed by atoms with van der Waals surface area (Å²) < 4.78 is 30.6. The maximum absolute atomic E-state index is 14.7. The van der Waals surface area contributed by atoms with Crippen LogP contribution in [0.5, 0.6) is 0 Å². The molecule has 2 aromatic rings. The Balaban J connectivity index is 1.83. The second-order valence-corrected chi connectivity index (χ2v) is 7.32. The summed E-state index contributed by atoms with van der Waals surface area (Å²) in [7, 11) is 3.82. The fourth-order valence-corrected chi connectivity index (χ4v) is 3.28. The smallest absolute Gasteiger partial charge is 0.227 e. The van der Waals surface area contributed by atoms with Crippen LogP contribution in [-0.2, 0) is 7.05 Å². The molecule has 1 aliphatic rings. The van der Waals surface area contributed by atoms with Crippen LogP contribution < -0.4 is 10.2 Å². The number of guanidine groups is 1. The van der Waals surface area contributed by atoms with Crippen LogP contribution in [0.15, 0.2) is 40.2 Å². The number of likely N-dealkylation sites (N-methyl/N-ethyl adjacent to an activating group) is 1. The zero-order valence-corrected chi connectivity index (χ0v) is 17.8. The average molecular weight is 415 g/mol. The van der Waals surface area contributed by atoms with Gasteiger partial charge in [-0.3, -0.25) is 4.68 Å². The predicted molar refractivity (Wildman–Crippen MR) is 118 cm³/mol. The Morgan fingerprint density at radius 3 is 2.43 bits per heavy atom. The van der Waals surface area contributed by atoms with Crippen LogP contribution in [0.1, 0.15) is 18.2 Å². The van der Waals surface area contributed by atoms with Gasteiger partial charge in [-0.05, 0) is 45.8 Å². The highest BCUT2D eigenvalue weighted by molar-refractivity contribution is 5.99. The molecule has 0 aliphatic carbocycles. The number of halogens is 2. The number of nitrogens with zero attached hydrogens (tertiary/aromatic N) is 6. The minimum Gasteiger partial charge on any atom is -0.367 e. The molecular weight excluding hydrogens is 388 g/mol. The Kier molecular flexibility index (Phi) is 6.61. The highest BCUT2D eigenvalue weighted by Crippen LogP contribution is 2.26. The predicted octanol–water partition coefficient (Wildman–Crippen LogP) is 3.45. The summed E-state index contributed by atoms with van der Waals surface area (Å²) >= 11 is 0. The molecule has 3 rings (SSSR count). The van der Waals surface area contributed by atoms with E-state index in [0.29, 0.717) is 16.9 Å². The molecule has 1 aliphatic heterocycles. The van der Waals surface area contributed by atoms with Crippen LogP contribution in [0.2, 0.25) is 0 Å². The molecule has 1 fully saturated rings. The average Bonchev–Trinajstić information content (AvgIpc) is 3.04. The number of piperazine rings is 1. The fourth-order valence-electron chi connectivity index (χ4n) is 3.28. The Bertz CT molecular complexity index is 981. The first-order valence-corrected chi connectivity index (χ1v) is 9.71. The van der Waals surface area contributed by atoms with Gasteiger partial charge in [0.2, 0.25) is 5.96 Å². The van der Waals surface area contributed by atoms with Gasteiger partial charge >= 0.3 is 0 Å². The SMILES string of the molecule is C=N/C(=N\C(=C(/C)F)c1cnn(C)c1C)Nc1ccc(N2CCN(C)CC2)c(F)c1. The summed E-state index contributed by atoms with van der Waals surface area (Å²) in [6.45, 7) is 9.96. The molecule has 0 radical (unpaired) electrons. The number of hydrogen-bond donors (Lipinski definition) is 1. The summed E-state index contributed by atoms with van der Waals surface area (Å²) in [5.74, 6) is -0.754. The van der Waals surface area contributed by atoms with Gasteiger partial charge < -0.3 is 15.1 Å². The number of anilines is 2. The van der Waals surface area contributed by atoms with Gasteiger partial charge in [0, 0.05) is 50.2 Å². The van der Waals surface area contributed by atoms with Crippen LogP contribution in [0.4, 0.5) is 20.2 Å². The summed E-state index contributed by atoms with van der Waals surface area (Å²) in [5, 5.41) is 7.04. The van der Waals surface area contributed by atoms with E-state index in [0.717, 1.165) is 31.9 Å². The largest absolute Gasteiger partial charge is 0.367 e. The molecular formula is C21H27F2N7. The molecule has 0 spiro atoms. The first kappa shape index (κ1) is 21.6. The normalized spacial score (nSPS) is 16.5. The zero-order valence-electron chi connectivity index (χ0n) is 17.8. The lowest BCUT2D eigenvalue weighted by Gasteiger charge is -2.34. The minimum absolute atomic E-state index is 0.0667. The van der Waals surface area contributed by atoms with Crippen molar-refractivity contribution < 1.29 is 8.78 Å². The van der Waals surface area contributed by atoms with Crippen molar-refractivity contribution in [2.75, 3.05) is 43.4 Å². The van der Waals surface area contributed by atoms with Crippen LogP contribution in [-0.4, -0.2) is 60.6 Å². The van der Waals surface area contributed by atoms with Crippen molar-refractivity contribution in [2.24, 2.45) is 17.0 Å². The highest BCUT2D eigenvalue weighted by Gasteiger charge is 2.18. The first-order valence-electron chi connectivity index (χ1n) is 9.71. The van der Waals surface area contributed by atoms with Crippen LogP contribution in [0.3, 0.4) is 0 Å². The van der Waals surface area contributed by atoms with E-state index in [9.17, 15) is 8.78 Å². The number of hydrogen-bond acceptors (Lipinski definition) is 4. The number of allylic oxidation sites excluding steroid dienone is 1. The van der Waals surface area contributed by atoms with E-state index in [4.69, 9.17) is 0 Å². The van der Waals surface area contributed by atoms with Crippen LogP contribution in [0.25, 0.3) is 5.70 Å². The third-order valence-corrected chi connectivity index (χ3v) is 5.23. The van der Waals surface area contributed by atoms with Gasteiger partial charge in [0.05, 0.1) is 11.9 Å². The van der Waals surface area contributed by atoms with Gasteiger partial charge in [-0.15, -0.1) is 0 Å². The molecule has 1 N–H and O–H groups in total. The lowest BCUT2D eigenvalue weighted by atomic mass is 10.2. The first-order chi connectivity index (χ1) is 14.3. The Hall–Kier alpha value is -3.07. The molecule has 0 bridgehead atoms. The molecule has 30 heavy (non-hydrogen) atoms. The maximum Gasteiger partial charge on any atom is 0.227 e. The minimum atomic E-state index is -0.481. The molecule has 0 saturated carbocycles. The molecule has 2 heterocycles. The molecule has 7 nitrogen and oxygen atoms in total. The van der Waals surface area contributed by atoms with Crippen molar-refractivity contribution >= 4 is 29.7 Å². The molecule has 0 atom stereocenters. The third kappa shape index (κ3) is 4.73. The van der Waals surface area contributed by atoms with Gasteiger partial charge in [0.1, 0.15) is 17.3 Å². The molecule has 9 heteroatoms. The van der Waals surface area contributed by atoms with E-state index in [1.807, 2.05) is 11.8 Å². The topological polar surface area (TPSA) is 61.1 Å². The summed E-state index contributed by atoms with van der Waals surface area (Å²) in [6, 6.07) is 4.86. The van der Waals surface area contributed by atoms with E-state index in [2.05, 4.69) is 39.1 Å². The van der Waals surface area contributed by atoms with E-state index >= 15 is 0 Å². The van der Waals surface area contributed by atoms with Gasteiger partial charge in [0.15, 0.2) is 0 Å². The van der Waals surface area contributed by atoms with E-state index < -0.39 is 5.83 Å². The van der Waals surface area contributed by atoms with E-state index in [1.165, 1.54) is 13.0 Å². The highest BCUT2D eigenvalue weighted by atomic mass is 19.1. The summed E-state index contributed by atoms with van der Waals surface area (Å²) in [6.07, 6.45) is 1.54. The third-order valence-electron chi connectivity index (χ3n) is 5.23. The number of rotatable bonds is 4. The standard InChI is InChI=1S/C21H27F2N7/c1-14(22)20(17-13-25-29(5)15(17)2)27-21(24-3)26-16-6-7-19(18(23)12-16)30-10-8-28(4)9-11-30/h6-7,12-13H,3,8-11H2,1-2,4-5H3,(H,26,27)/b20-14+. The van der Waals surface area contributed by atoms with Crippen molar-refractivity contribution in [3.63, 3.8) is 0 Å². The van der Waals surface area contributed by atoms with Crippen molar-refractivity contribution in [3.05, 3.63) is 47.3 Å². The maximum atomic E-state index is 14.7. The lowest BCUT2D eigenvalue weighted by Crippen LogP contribution is -2.44. The van der Waals surface area contributed by atoms with Crippen LogP contribution >= 0.6 is 0 Å². The number of aryl methyl sites for hydroxylation is 1. The Morgan fingerprint density at radius 1 is 1.20 bits per heavy atom. The number of aliphatic imine (C=N–C) groups is 2. The quantitative estimate of drug-likeness (QED) is 0.614. The van der Waals surface area contributed by atoms with Crippen molar-refractivity contribution in [3.8, 4) is 0 Å². The van der Waals surface area contributed by atoms with E-state index in [1.54, 1.807) is 30.1 Å². The second kappa shape index (κ2) is 9.17. The molecule has 1 aromatic carbocycles. The van der Waals surface area contributed by atoms with Gasteiger partial charge in [0.25, 0.3) is 0 Å². The number of aromatic nitrogens is 2. The molecule has 160 valence electrons. The second-order valence-electron chi connectivity index (χ2n) is 7.32. The molecule has 0 unspecified atom stereocenters. The monoisotopic (exact) mass is 415 g/mol. The Morgan fingerprint density at radius 2 is 1.90 bits per heavy atom. The van der Waals surface area contributed by atoms with Gasteiger partial charge in [-0.1, -0.05) is 0 Å². The fraction of sp³-hybridized carbons (Fsp3) is 0.381. The number of nitrogens with one attached hydrogen (secondary N) is 1. The number of benzene rings is 1. The Labute approximate surface area is 175 Å². The zero-order chi connectivity index (χ0) is 21.8. The molecule has 1 aromatic heterocycles. The molecule has 0 amide bonds. The summed E-state index contributed by atoms with van der Waals surface area (Å²) in [4.78, 5) is 12.4. The van der Waals surface area contributed by atoms with Crippen molar-refractivity contribution in [2.45, 2.75) is 13.8 Å².